The zero-order valence-corrected chi connectivity index (χ0v) is 18.9. The highest BCUT2D eigenvalue weighted by Crippen LogP contribution is 2.35. The second-order valence-electron chi connectivity index (χ2n) is 6.32. The Kier molecular flexibility index (Phi) is 7.59. The summed E-state index contributed by atoms with van der Waals surface area (Å²) in [5.41, 5.74) is 0.00671. The molecular weight excluding hydrogens is 463 g/mol. The summed E-state index contributed by atoms with van der Waals surface area (Å²) in [6.07, 6.45) is -1.33. The van der Waals surface area contributed by atoms with Gasteiger partial charge in [0.05, 0.1) is 23.3 Å². The lowest BCUT2D eigenvalue weighted by Crippen LogP contribution is -2.10. The molecule has 12 heteroatoms. The van der Waals surface area contributed by atoms with E-state index in [1.807, 2.05) is 12.3 Å². The minimum absolute atomic E-state index is 0.0636. The smallest absolute Gasteiger partial charge is 0.416 e. The normalized spacial score (nSPS) is 12.3. The average Bonchev–Trinajstić information content (AvgIpc) is 2.78. The van der Waals surface area contributed by atoms with E-state index >= 15 is 0 Å². The number of thioether (sulfide) groups is 1. The minimum Gasteiger partial charge on any atom is -0.497 e. The van der Waals surface area contributed by atoms with Crippen molar-refractivity contribution in [2.75, 3.05) is 31.0 Å². The topological polar surface area (TPSA) is 88.2 Å². The number of hydrogen-bond acceptors (Lipinski definition) is 7. The maximum atomic E-state index is 13.2. The fraction of sp³-hybridized carbons (Fsp3) is 0.200. The van der Waals surface area contributed by atoms with Crippen LogP contribution in [0.2, 0.25) is 0 Å². The van der Waals surface area contributed by atoms with Crippen LogP contribution in [0.25, 0.3) is 0 Å². The SMILES string of the molecule is CNS(=O)c1ccc(SC)c(Nc2cc(Nc3cc(OC)cc(C(F)(F)F)c3)ncn2)c1. The number of nitrogens with one attached hydrogen (secondary N) is 3. The average molecular weight is 484 g/mol. The van der Waals surface area contributed by atoms with Gasteiger partial charge in [0.2, 0.25) is 0 Å². The van der Waals surface area contributed by atoms with E-state index < -0.39 is 22.7 Å². The van der Waals surface area contributed by atoms with Crippen LogP contribution in [0.4, 0.5) is 36.2 Å². The molecule has 0 saturated carbocycles. The molecule has 2 aromatic carbocycles. The van der Waals surface area contributed by atoms with Crippen molar-refractivity contribution in [3.63, 3.8) is 0 Å². The molecular formula is C20H20F3N5O2S2. The Morgan fingerprint density at radius 2 is 1.75 bits per heavy atom. The molecule has 0 aliphatic carbocycles. The summed E-state index contributed by atoms with van der Waals surface area (Å²) < 4.78 is 59.2. The molecule has 170 valence electrons. The van der Waals surface area contributed by atoms with Crippen LogP contribution in [-0.2, 0) is 17.2 Å². The van der Waals surface area contributed by atoms with Crippen LogP contribution in [0.3, 0.4) is 0 Å². The number of halogens is 3. The van der Waals surface area contributed by atoms with Crippen molar-refractivity contribution in [2.45, 2.75) is 16.0 Å². The Balaban J connectivity index is 1.88. The standard InChI is InChI=1S/C20H20F3N5O2S2/c1-24-32(29)15-4-5-17(31-3)16(9-15)28-19-10-18(25-11-26-19)27-13-6-12(20(21,22)23)7-14(8-13)30-2/h4-11,24H,1-3H3,(H2,25,26,27,28). The van der Waals surface area contributed by atoms with Crippen LogP contribution in [0.15, 0.2) is 58.6 Å². The number of methoxy groups -OCH3 is 1. The highest BCUT2D eigenvalue weighted by molar-refractivity contribution is 7.98. The first-order valence-corrected chi connectivity index (χ1v) is 11.5. The van der Waals surface area contributed by atoms with Gasteiger partial charge in [0.15, 0.2) is 0 Å². The van der Waals surface area contributed by atoms with Crippen LogP contribution in [-0.4, -0.2) is 34.6 Å². The molecule has 0 bridgehead atoms. The van der Waals surface area contributed by atoms with Crippen LogP contribution in [0, 0.1) is 0 Å². The van der Waals surface area contributed by atoms with E-state index in [0.29, 0.717) is 16.4 Å². The minimum atomic E-state index is -4.52. The summed E-state index contributed by atoms with van der Waals surface area (Å²) in [6, 6.07) is 10.2. The highest BCUT2D eigenvalue weighted by atomic mass is 32.2. The lowest BCUT2D eigenvalue weighted by molar-refractivity contribution is -0.137. The quantitative estimate of drug-likeness (QED) is 0.391. The summed E-state index contributed by atoms with van der Waals surface area (Å²) in [4.78, 5) is 9.73. The van der Waals surface area contributed by atoms with Gasteiger partial charge in [0.25, 0.3) is 0 Å². The van der Waals surface area contributed by atoms with Gasteiger partial charge in [-0.1, -0.05) is 0 Å². The van der Waals surface area contributed by atoms with E-state index in [9.17, 15) is 17.4 Å². The zero-order valence-electron chi connectivity index (χ0n) is 17.3. The van der Waals surface area contributed by atoms with Crippen LogP contribution in [0.5, 0.6) is 5.75 Å². The van der Waals surface area contributed by atoms with Gasteiger partial charge in [0, 0.05) is 22.7 Å². The number of benzene rings is 2. The molecule has 1 aromatic heterocycles. The van der Waals surface area contributed by atoms with E-state index in [-0.39, 0.29) is 17.3 Å². The Morgan fingerprint density at radius 1 is 1.03 bits per heavy atom. The van der Waals surface area contributed by atoms with Crippen molar-refractivity contribution in [3.05, 3.63) is 54.4 Å². The van der Waals surface area contributed by atoms with Gasteiger partial charge in [0.1, 0.15) is 34.7 Å². The predicted octanol–water partition coefficient (Wildman–Crippen LogP) is 4.96. The number of aromatic nitrogens is 2. The second-order valence-corrected chi connectivity index (χ2v) is 8.59. The molecule has 1 heterocycles. The van der Waals surface area contributed by atoms with Gasteiger partial charge in [-0.2, -0.15) is 13.2 Å². The summed E-state index contributed by atoms with van der Waals surface area (Å²) in [7, 11) is 1.53. The van der Waals surface area contributed by atoms with Crippen molar-refractivity contribution in [1.29, 1.82) is 0 Å². The molecule has 0 amide bonds. The number of ether oxygens (including phenoxy) is 1. The van der Waals surface area contributed by atoms with E-state index in [1.54, 1.807) is 25.2 Å². The molecule has 32 heavy (non-hydrogen) atoms. The lowest BCUT2D eigenvalue weighted by Gasteiger charge is -2.14. The molecule has 1 atom stereocenters. The molecule has 3 aromatic rings. The Bertz CT molecular complexity index is 1130. The first-order valence-electron chi connectivity index (χ1n) is 9.13. The van der Waals surface area contributed by atoms with Gasteiger partial charge in [-0.05, 0) is 43.6 Å². The maximum Gasteiger partial charge on any atom is 0.416 e. The molecule has 0 saturated heterocycles. The van der Waals surface area contributed by atoms with Crippen molar-refractivity contribution >= 4 is 45.8 Å². The monoisotopic (exact) mass is 483 g/mol. The summed E-state index contributed by atoms with van der Waals surface area (Å²) in [5.74, 6) is 0.752. The number of anilines is 4. The van der Waals surface area contributed by atoms with Gasteiger partial charge >= 0.3 is 6.18 Å². The number of nitrogens with zero attached hydrogens (tertiary/aromatic N) is 2. The maximum absolute atomic E-state index is 13.2. The molecule has 3 rings (SSSR count). The first-order chi connectivity index (χ1) is 15.2. The third-order valence-corrected chi connectivity index (χ3v) is 6.09. The van der Waals surface area contributed by atoms with E-state index in [2.05, 4.69) is 25.3 Å². The number of rotatable bonds is 8. The van der Waals surface area contributed by atoms with Crippen LogP contribution < -0.4 is 20.1 Å². The highest BCUT2D eigenvalue weighted by Gasteiger charge is 2.31. The summed E-state index contributed by atoms with van der Waals surface area (Å²) in [6.45, 7) is 0. The first kappa shape index (κ1) is 23.8. The third-order valence-electron chi connectivity index (χ3n) is 4.24. The summed E-state index contributed by atoms with van der Waals surface area (Å²) in [5, 5.41) is 6.00. The van der Waals surface area contributed by atoms with Crippen molar-refractivity contribution in [2.24, 2.45) is 0 Å². The van der Waals surface area contributed by atoms with Gasteiger partial charge < -0.3 is 15.4 Å². The Labute approximate surface area is 189 Å². The molecule has 0 aliphatic heterocycles. The van der Waals surface area contributed by atoms with E-state index in [1.165, 1.54) is 31.3 Å². The molecule has 0 fully saturated rings. The molecule has 0 spiro atoms. The Morgan fingerprint density at radius 3 is 2.38 bits per heavy atom. The van der Waals surface area contributed by atoms with Gasteiger partial charge in [-0.3, -0.25) is 0 Å². The fourth-order valence-corrected chi connectivity index (χ4v) is 3.94. The molecule has 1 unspecified atom stereocenters. The Hall–Kier alpha value is -2.83. The van der Waals surface area contributed by atoms with Gasteiger partial charge in [-0.25, -0.2) is 18.9 Å². The van der Waals surface area contributed by atoms with Crippen molar-refractivity contribution < 1.29 is 22.1 Å². The van der Waals surface area contributed by atoms with E-state index in [4.69, 9.17) is 4.74 Å². The van der Waals surface area contributed by atoms with Crippen molar-refractivity contribution in [1.82, 2.24) is 14.7 Å². The van der Waals surface area contributed by atoms with Gasteiger partial charge in [-0.15, -0.1) is 11.8 Å². The second kappa shape index (κ2) is 10.2. The van der Waals surface area contributed by atoms with Crippen LogP contribution >= 0.6 is 11.8 Å². The molecule has 0 radical (unpaired) electrons. The lowest BCUT2D eigenvalue weighted by atomic mass is 10.1. The predicted molar refractivity (Wildman–Crippen MR) is 120 cm³/mol. The van der Waals surface area contributed by atoms with E-state index in [0.717, 1.165) is 17.0 Å². The molecule has 7 nitrogen and oxygen atoms in total. The summed E-state index contributed by atoms with van der Waals surface area (Å²) >= 11 is 1.50. The zero-order chi connectivity index (χ0) is 23.3. The third kappa shape index (κ3) is 5.90. The van der Waals surface area contributed by atoms with Crippen molar-refractivity contribution in [3.8, 4) is 5.75 Å². The molecule has 3 N–H and O–H groups in total. The number of hydrogen-bond donors (Lipinski definition) is 3. The number of alkyl halides is 3. The molecule has 0 aliphatic rings. The fourth-order valence-electron chi connectivity index (χ4n) is 2.75. The van der Waals surface area contributed by atoms with Crippen LogP contribution in [0.1, 0.15) is 5.56 Å². The largest absolute Gasteiger partial charge is 0.497 e.